The molecule has 0 spiro atoms. The summed E-state index contributed by atoms with van der Waals surface area (Å²) in [5.74, 6) is -1.71. The molecular weight excluding hydrogens is 1120 g/mol. The van der Waals surface area contributed by atoms with E-state index in [1.807, 2.05) is 0 Å². The zero-order valence-corrected chi connectivity index (χ0v) is 44.4. The summed E-state index contributed by atoms with van der Waals surface area (Å²) < 4.78 is 76.2. The van der Waals surface area contributed by atoms with E-state index in [0.717, 1.165) is 13.8 Å². The molecule has 14 unspecified atom stereocenters. The summed E-state index contributed by atoms with van der Waals surface area (Å²) in [6.07, 6.45) is -61.5. The Kier molecular flexibility index (Phi) is 23.5. The lowest BCUT2D eigenvalue weighted by atomic mass is 9.93. The van der Waals surface area contributed by atoms with Crippen molar-refractivity contribution in [1.82, 2.24) is 10.6 Å². The molecule has 36 nitrogen and oxygen atoms in total. The van der Waals surface area contributed by atoms with Gasteiger partial charge in [-0.15, -0.1) is 0 Å². The first kappa shape index (κ1) is 67.2. The van der Waals surface area contributed by atoms with Crippen LogP contribution in [0.4, 0.5) is 0 Å². The highest BCUT2D eigenvalue weighted by Crippen LogP contribution is 2.38. The van der Waals surface area contributed by atoms with Crippen LogP contribution in [0, 0.1) is 0 Å². The largest absolute Gasteiger partial charge is 0.394 e. The van der Waals surface area contributed by atoms with E-state index in [0.29, 0.717) is 0 Å². The minimum absolute atomic E-state index is 0.836. The minimum Gasteiger partial charge on any atom is -0.394 e. The van der Waals surface area contributed by atoms with Crippen molar-refractivity contribution in [3.8, 4) is 0 Å². The standard InChI is InChI=1S/C46H78N2O34/c1-10-21(55)26(60)31(65)43(71-10)80-37-19(47-12(3)53)41(76-16(7-51)35(37)78-45-33(67)28(62)23(57)14(5-49)74-45)70-9-18-25(59)30(64)39(40(69)73-18)82-42-20(48-13(4)54)38(81-44-32(66)27(61)22(56)11(2)72-44)36(17(8-52)77-42)79-46-34(68)29(63)24(58)15(6-50)75-46/h10-11,14-46,49-52,55-69H,5-9H2,1-4H3,(H,47,53)(H,48,54)/t10?,11?,14?,15?,16?,17?,18?,19?,20?,21-,22-,23+,24+,25-,26+,27+,28+,29+,30+,31?,32?,33?,34?,35-,36-,37-,38-,39?,40+,41-,42+,43+,44+,45+,46+/m1/s1. The smallest absolute Gasteiger partial charge is 0.217 e. The Balaban J connectivity index is 1.13. The van der Waals surface area contributed by atoms with Gasteiger partial charge in [0.2, 0.25) is 11.8 Å². The second kappa shape index (κ2) is 28.7. The third-order valence-corrected chi connectivity index (χ3v) is 15.2. The Morgan fingerprint density at radius 1 is 0.341 bits per heavy atom. The lowest BCUT2D eigenvalue weighted by Crippen LogP contribution is -2.71. The maximum Gasteiger partial charge on any atom is 0.217 e. The lowest BCUT2D eigenvalue weighted by Gasteiger charge is -2.51. The van der Waals surface area contributed by atoms with Crippen molar-refractivity contribution in [2.75, 3.05) is 33.0 Å². The van der Waals surface area contributed by atoms with E-state index < -0.39 is 260 Å². The van der Waals surface area contributed by atoms with Gasteiger partial charge in [-0.1, -0.05) is 0 Å². The number of ether oxygens (including phenoxy) is 13. The molecule has 82 heavy (non-hydrogen) atoms. The zero-order chi connectivity index (χ0) is 60.5. The molecule has 0 saturated carbocycles. The van der Waals surface area contributed by atoms with Crippen LogP contribution in [0.1, 0.15) is 27.7 Å². The SMILES string of the molecule is CC(=O)NC1[C@H](OCC2O[C@H](O)C(O[C@@H]3OC(CO)[C@@H](O[C@@H]4OC(CO)[C@H](O)[C@H](O)C4O)[C@H](O[C@@H]4OC(C)[C@@H](O)[C@H](O)C4O)C3NC(C)=O)[C@@H](O)[C@@H]2O)OC(CO)[C@@H](O[C@@H]2OC(CO)[C@H](O)[C@H](O)C2O)[C@@H]1O[C@@H]1OC(C)[C@@H](O)[C@H](O)C1O. The summed E-state index contributed by atoms with van der Waals surface area (Å²) >= 11 is 0. The summed E-state index contributed by atoms with van der Waals surface area (Å²) in [7, 11) is 0. The molecule has 0 bridgehead atoms. The Labute approximate surface area is 465 Å². The van der Waals surface area contributed by atoms with Crippen LogP contribution in [0.2, 0.25) is 0 Å². The van der Waals surface area contributed by atoms with Crippen molar-refractivity contribution in [2.45, 2.75) is 243 Å². The summed E-state index contributed by atoms with van der Waals surface area (Å²) in [4.78, 5) is 25.9. The number of carbonyl (C=O) groups is 2. The highest BCUT2D eigenvalue weighted by molar-refractivity contribution is 5.73. The Hall–Kier alpha value is -2.34. The van der Waals surface area contributed by atoms with Gasteiger partial charge < -0.3 is 169 Å². The summed E-state index contributed by atoms with van der Waals surface area (Å²) in [6, 6.07) is -3.51. The number of aliphatic hydroxyl groups excluding tert-OH is 19. The van der Waals surface area contributed by atoms with Gasteiger partial charge in [0.25, 0.3) is 0 Å². The van der Waals surface area contributed by atoms with Crippen molar-refractivity contribution in [3.05, 3.63) is 0 Å². The highest BCUT2D eigenvalue weighted by atomic mass is 16.8. The van der Waals surface area contributed by atoms with Gasteiger partial charge in [-0.2, -0.15) is 0 Å². The lowest BCUT2D eigenvalue weighted by molar-refractivity contribution is -0.389. The van der Waals surface area contributed by atoms with Gasteiger partial charge in [0.15, 0.2) is 44.0 Å². The van der Waals surface area contributed by atoms with Gasteiger partial charge in [0.1, 0.15) is 159 Å². The predicted octanol–water partition coefficient (Wildman–Crippen LogP) is -13.9. The second-order valence-electron chi connectivity index (χ2n) is 21.0. The van der Waals surface area contributed by atoms with Crippen LogP contribution in [0.25, 0.3) is 0 Å². The number of nitrogens with one attached hydrogen (secondary N) is 2. The maximum atomic E-state index is 13.0. The van der Waals surface area contributed by atoms with Gasteiger partial charge in [-0.3, -0.25) is 9.59 Å². The first-order valence-corrected chi connectivity index (χ1v) is 26.3. The van der Waals surface area contributed by atoms with Crippen molar-refractivity contribution in [1.29, 1.82) is 0 Å². The molecule has 7 saturated heterocycles. The molecule has 0 aromatic rings. The molecular formula is C46H78N2O34. The van der Waals surface area contributed by atoms with E-state index >= 15 is 0 Å². The van der Waals surface area contributed by atoms with Gasteiger partial charge in [0, 0.05) is 13.8 Å². The van der Waals surface area contributed by atoms with Gasteiger partial charge in [-0.05, 0) is 13.8 Å². The van der Waals surface area contributed by atoms with Crippen molar-refractivity contribution >= 4 is 11.8 Å². The first-order chi connectivity index (χ1) is 38.7. The molecule has 7 heterocycles. The van der Waals surface area contributed by atoms with Crippen LogP contribution in [-0.4, -0.2) is 357 Å². The van der Waals surface area contributed by atoms with Gasteiger partial charge in [-0.25, -0.2) is 0 Å². The quantitative estimate of drug-likeness (QED) is 0.0571. The average Bonchev–Trinajstić information content (AvgIpc) is 2.59. The van der Waals surface area contributed by atoms with Crippen LogP contribution in [-0.2, 0) is 71.2 Å². The van der Waals surface area contributed by atoms with Crippen molar-refractivity contribution in [2.24, 2.45) is 0 Å². The Morgan fingerprint density at radius 2 is 0.659 bits per heavy atom. The summed E-state index contributed by atoms with van der Waals surface area (Å²) in [5, 5.41) is 209. The summed E-state index contributed by atoms with van der Waals surface area (Å²) in [5.41, 5.74) is 0. The number of aliphatic hydroxyl groups is 19. The van der Waals surface area contributed by atoms with Crippen LogP contribution < -0.4 is 10.6 Å². The molecule has 7 aliphatic heterocycles. The van der Waals surface area contributed by atoms with Gasteiger partial charge in [0.05, 0.1) is 45.2 Å². The molecule has 0 aromatic heterocycles. The number of hydrogen-bond acceptors (Lipinski definition) is 34. The maximum absolute atomic E-state index is 13.0. The molecule has 476 valence electrons. The average molecular weight is 1200 g/mol. The fourth-order valence-corrected chi connectivity index (χ4v) is 10.6. The minimum atomic E-state index is -2.31. The number of rotatable bonds is 19. The Bertz CT molecular complexity index is 2020. The molecule has 36 heteroatoms. The first-order valence-electron chi connectivity index (χ1n) is 26.3. The van der Waals surface area contributed by atoms with Crippen molar-refractivity contribution in [3.63, 3.8) is 0 Å². The van der Waals surface area contributed by atoms with Crippen LogP contribution >= 0.6 is 0 Å². The van der Waals surface area contributed by atoms with Crippen LogP contribution in [0.15, 0.2) is 0 Å². The molecule has 0 radical (unpaired) electrons. The highest BCUT2D eigenvalue weighted by Gasteiger charge is 2.59. The molecule has 7 fully saturated rings. The third kappa shape index (κ3) is 14.3. The van der Waals surface area contributed by atoms with E-state index in [1.54, 1.807) is 0 Å². The van der Waals surface area contributed by atoms with Crippen LogP contribution in [0.5, 0.6) is 0 Å². The second-order valence-corrected chi connectivity index (χ2v) is 21.0. The number of hydrogen-bond donors (Lipinski definition) is 21. The fourth-order valence-electron chi connectivity index (χ4n) is 10.6. The monoisotopic (exact) mass is 1200 g/mol. The third-order valence-electron chi connectivity index (χ3n) is 15.2. The van der Waals surface area contributed by atoms with Crippen molar-refractivity contribution < 1.29 is 168 Å². The van der Waals surface area contributed by atoms with E-state index in [4.69, 9.17) is 61.6 Å². The predicted molar refractivity (Wildman–Crippen MR) is 252 cm³/mol. The van der Waals surface area contributed by atoms with E-state index in [1.165, 1.54) is 13.8 Å². The number of carbonyl (C=O) groups excluding carboxylic acids is 2. The van der Waals surface area contributed by atoms with E-state index in [2.05, 4.69) is 10.6 Å². The zero-order valence-electron chi connectivity index (χ0n) is 44.4. The molecule has 7 aliphatic rings. The Morgan fingerprint density at radius 3 is 1.05 bits per heavy atom. The molecule has 35 atom stereocenters. The fraction of sp³-hybridized carbons (Fsp3) is 0.957. The molecule has 0 aliphatic carbocycles. The number of amides is 2. The molecule has 7 rings (SSSR count). The van der Waals surface area contributed by atoms with Gasteiger partial charge >= 0.3 is 0 Å². The molecule has 0 aromatic carbocycles. The molecule has 2 amide bonds. The summed E-state index contributed by atoms with van der Waals surface area (Å²) in [6.45, 7) is -0.183. The normalized spacial score (nSPS) is 51.3. The van der Waals surface area contributed by atoms with Crippen LogP contribution in [0.3, 0.4) is 0 Å². The molecule has 21 N–H and O–H groups in total. The topological polar surface area (TPSA) is 563 Å². The van der Waals surface area contributed by atoms with E-state index in [-0.39, 0.29) is 0 Å². The van der Waals surface area contributed by atoms with E-state index in [9.17, 15) is 107 Å².